The molecule has 7 nitrogen and oxygen atoms in total. The van der Waals surface area contributed by atoms with Crippen LogP contribution in [0.3, 0.4) is 0 Å². The summed E-state index contributed by atoms with van der Waals surface area (Å²) in [4.78, 5) is 15.4. The predicted molar refractivity (Wildman–Crippen MR) is 73.8 cm³/mol. The lowest BCUT2D eigenvalue weighted by Gasteiger charge is -2.37. The Labute approximate surface area is 116 Å². The molecule has 0 bridgehead atoms. The smallest absolute Gasteiger partial charge is 0.264 e. The van der Waals surface area contributed by atoms with E-state index in [9.17, 15) is 13.2 Å². The van der Waals surface area contributed by atoms with E-state index in [0.29, 0.717) is 19.5 Å². The minimum atomic E-state index is -3.32. The van der Waals surface area contributed by atoms with Crippen molar-refractivity contribution in [1.29, 1.82) is 0 Å². The van der Waals surface area contributed by atoms with Crippen molar-refractivity contribution < 1.29 is 17.4 Å². The van der Waals surface area contributed by atoms with Crippen LogP contribution in [0, 0.1) is 0 Å². The van der Waals surface area contributed by atoms with Gasteiger partial charge in [-0.2, -0.15) is 8.42 Å². The van der Waals surface area contributed by atoms with Gasteiger partial charge in [-0.25, -0.2) is 4.98 Å². The Morgan fingerprint density at radius 3 is 2.68 bits per heavy atom. The Balaban J connectivity index is 0.000000312. The van der Waals surface area contributed by atoms with Crippen LogP contribution in [0.2, 0.25) is 0 Å². The third kappa shape index (κ3) is 5.99. The van der Waals surface area contributed by atoms with Gasteiger partial charge in [-0.15, -0.1) is 11.3 Å². The molecule has 1 aromatic rings. The quantitative estimate of drug-likeness (QED) is 0.611. The van der Waals surface area contributed by atoms with Crippen molar-refractivity contribution in [2.24, 2.45) is 0 Å². The number of carbonyl (C=O) groups excluding carboxylic acids is 1. The molecule has 108 valence electrons. The van der Waals surface area contributed by atoms with E-state index in [4.69, 9.17) is 4.18 Å². The van der Waals surface area contributed by atoms with Gasteiger partial charge in [-0.3, -0.25) is 8.98 Å². The number of thiazole rings is 1. The van der Waals surface area contributed by atoms with E-state index >= 15 is 0 Å². The minimum Gasteiger partial charge on any atom is -0.359 e. The number of aromatic nitrogens is 1. The van der Waals surface area contributed by atoms with Crippen molar-refractivity contribution >= 4 is 33.0 Å². The molecule has 2 rings (SSSR count). The highest BCUT2D eigenvalue weighted by Crippen LogP contribution is 2.24. The average molecular weight is 307 g/mol. The maximum atomic E-state index is 10.8. The Morgan fingerprint density at radius 1 is 1.63 bits per heavy atom. The molecule has 0 saturated carbocycles. The van der Waals surface area contributed by atoms with Crippen LogP contribution in [-0.2, 0) is 19.1 Å². The summed E-state index contributed by atoms with van der Waals surface area (Å²) in [7, 11) is -3.32. The summed E-state index contributed by atoms with van der Waals surface area (Å²) in [6.45, 7) is 3.79. The van der Waals surface area contributed by atoms with Crippen molar-refractivity contribution in [3.8, 4) is 0 Å². The van der Waals surface area contributed by atoms with Gasteiger partial charge < -0.3 is 10.2 Å². The van der Waals surface area contributed by atoms with E-state index in [-0.39, 0.29) is 6.10 Å². The topological polar surface area (TPSA) is 88.6 Å². The molecule has 0 aromatic carbocycles. The maximum Gasteiger partial charge on any atom is 0.264 e. The normalized spacial score (nSPS) is 15.2. The van der Waals surface area contributed by atoms with Gasteiger partial charge in [-0.1, -0.05) is 0 Å². The van der Waals surface area contributed by atoms with Crippen molar-refractivity contribution in [3.63, 3.8) is 0 Å². The number of hydrogen-bond acceptors (Lipinski definition) is 7. The number of nitrogens with one attached hydrogen (secondary N) is 1. The summed E-state index contributed by atoms with van der Waals surface area (Å²) in [5, 5.41) is 5.23. The molecule has 0 atom stereocenters. The molecule has 9 heteroatoms. The molecule has 0 aliphatic carbocycles. The molecule has 0 radical (unpaired) electrons. The highest BCUT2D eigenvalue weighted by molar-refractivity contribution is 7.86. The monoisotopic (exact) mass is 307 g/mol. The first kappa shape index (κ1) is 15.9. The second-order valence-electron chi connectivity index (χ2n) is 3.82. The highest BCUT2D eigenvalue weighted by atomic mass is 32.2. The Morgan fingerprint density at radius 2 is 2.32 bits per heavy atom. The second-order valence-corrected chi connectivity index (χ2v) is 6.29. The van der Waals surface area contributed by atoms with E-state index in [1.165, 1.54) is 11.3 Å². The third-order valence-electron chi connectivity index (χ3n) is 2.14. The number of anilines is 1. The number of nitrogens with zero attached hydrogens (tertiary/aromatic N) is 2. The zero-order valence-corrected chi connectivity index (χ0v) is 12.4. The van der Waals surface area contributed by atoms with Crippen LogP contribution >= 0.6 is 11.3 Å². The van der Waals surface area contributed by atoms with Crippen LogP contribution in [0.25, 0.3) is 0 Å². The fraction of sp³-hybridized carbons (Fsp3) is 0.600. The van der Waals surface area contributed by atoms with E-state index in [1.54, 1.807) is 6.20 Å². The molecular formula is C10H17N3O4S2. The molecular weight excluding hydrogens is 290 g/mol. The highest BCUT2D eigenvalue weighted by Gasteiger charge is 2.31. The van der Waals surface area contributed by atoms with Gasteiger partial charge in [0.25, 0.3) is 10.1 Å². The number of carbonyl (C=O) groups is 1. The lowest BCUT2D eigenvalue weighted by Crippen LogP contribution is -2.52. The lowest BCUT2D eigenvalue weighted by molar-refractivity contribution is -0.109. The minimum absolute atomic E-state index is 0.214. The first-order valence-corrected chi connectivity index (χ1v) is 8.35. The Kier molecular flexibility index (Phi) is 6.19. The largest absolute Gasteiger partial charge is 0.359 e. The molecule has 1 aliphatic rings. The molecule has 2 heterocycles. The van der Waals surface area contributed by atoms with Crippen LogP contribution in [0.4, 0.5) is 5.13 Å². The van der Waals surface area contributed by atoms with Gasteiger partial charge in [0, 0.05) is 31.2 Å². The molecule has 1 N–H and O–H groups in total. The maximum absolute atomic E-state index is 10.8. The van der Waals surface area contributed by atoms with Gasteiger partial charge in [0.2, 0.25) is 6.41 Å². The van der Waals surface area contributed by atoms with E-state index in [0.717, 1.165) is 17.9 Å². The summed E-state index contributed by atoms with van der Waals surface area (Å²) in [6, 6.07) is 0. The van der Waals surface area contributed by atoms with Gasteiger partial charge in [0.05, 0.1) is 6.26 Å². The molecule has 1 saturated heterocycles. The molecule has 1 fully saturated rings. The van der Waals surface area contributed by atoms with Crippen LogP contribution < -0.4 is 10.2 Å². The Hall–Kier alpha value is -1.19. The average Bonchev–Trinajstić information content (AvgIpc) is 2.76. The van der Waals surface area contributed by atoms with Gasteiger partial charge in [0.1, 0.15) is 6.10 Å². The molecule has 1 aliphatic heterocycles. The van der Waals surface area contributed by atoms with Crippen molar-refractivity contribution in [1.82, 2.24) is 10.3 Å². The summed E-state index contributed by atoms with van der Waals surface area (Å²) in [5.74, 6) is 0. The fourth-order valence-electron chi connectivity index (χ4n) is 1.36. The number of rotatable bonds is 5. The van der Waals surface area contributed by atoms with Gasteiger partial charge in [0.15, 0.2) is 5.13 Å². The van der Waals surface area contributed by atoms with Crippen LogP contribution in [0.5, 0.6) is 0 Å². The molecule has 0 unspecified atom stereocenters. The summed E-state index contributed by atoms with van der Waals surface area (Å²) < 4.78 is 26.4. The summed E-state index contributed by atoms with van der Waals surface area (Å²) >= 11 is 1.54. The van der Waals surface area contributed by atoms with Crippen molar-refractivity contribution in [3.05, 3.63) is 11.6 Å². The summed E-state index contributed by atoms with van der Waals surface area (Å²) in [6.07, 6.45) is 3.26. The molecule has 1 amide bonds. The SMILES string of the molecule is CCNC=O.CS(=O)(=O)OC1CN(c2nccs2)C1. The standard InChI is InChI=1S/C7H10N2O3S2.C3H7NO/c1-14(10,11)12-6-4-9(5-6)7-8-2-3-13-7;1-2-4-3-5/h2-3,6H,4-5H2,1H3;3H,2H2,1H3,(H,4,5). The predicted octanol–water partition coefficient (Wildman–Crippen LogP) is 0.0602. The van der Waals surface area contributed by atoms with Gasteiger partial charge >= 0.3 is 0 Å². The zero-order valence-electron chi connectivity index (χ0n) is 10.8. The van der Waals surface area contributed by atoms with E-state index in [2.05, 4.69) is 10.3 Å². The van der Waals surface area contributed by atoms with E-state index < -0.39 is 10.1 Å². The van der Waals surface area contributed by atoms with E-state index in [1.807, 2.05) is 17.2 Å². The van der Waals surface area contributed by atoms with Crippen molar-refractivity contribution in [2.45, 2.75) is 13.0 Å². The number of hydrogen-bond donors (Lipinski definition) is 1. The molecule has 0 spiro atoms. The Bertz CT molecular complexity index is 469. The first-order valence-electron chi connectivity index (χ1n) is 5.66. The van der Waals surface area contributed by atoms with Crippen molar-refractivity contribution in [2.75, 3.05) is 30.8 Å². The first-order chi connectivity index (χ1) is 8.96. The summed E-state index contributed by atoms with van der Waals surface area (Å²) in [5.41, 5.74) is 0. The van der Waals surface area contributed by atoms with Crippen LogP contribution in [0.1, 0.15) is 6.92 Å². The third-order valence-corrected chi connectivity index (χ3v) is 3.59. The fourth-order valence-corrected chi connectivity index (χ4v) is 2.64. The number of amides is 1. The van der Waals surface area contributed by atoms with Crippen LogP contribution in [-0.4, -0.2) is 51.8 Å². The second kappa shape index (κ2) is 7.41. The zero-order chi connectivity index (χ0) is 14.3. The molecule has 19 heavy (non-hydrogen) atoms. The van der Waals surface area contributed by atoms with Crippen LogP contribution in [0.15, 0.2) is 11.6 Å². The lowest BCUT2D eigenvalue weighted by atomic mass is 10.2. The van der Waals surface area contributed by atoms with Gasteiger partial charge in [-0.05, 0) is 6.92 Å². The molecule has 1 aromatic heterocycles.